The standard InChI is InChI=1S/C11H5F3N4/c12-6-2-8(14)7(13)1-5(6)11-17-9-3-15-16-4-10(9)18-11/h1-4,15H. The molecule has 18 heavy (non-hydrogen) atoms. The van der Waals surface area contributed by atoms with Crippen LogP contribution in [0.25, 0.3) is 22.8 Å². The molecule has 0 spiro atoms. The largest absolute Gasteiger partial charge is 0.283 e. The van der Waals surface area contributed by atoms with Gasteiger partial charge < -0.3 is 0 Å². The Morgan fingerprint density at radius 1 is 0.889 bits per heavy atom. The van der Waals surface area contributed by atoms with Crippen LogP contribution in [-0.4, -0.2) is 20.2 Å². The second-order valence-electron chi connectivity index (χ2n) is 3.60. The van der Waals surface area contributed by atoms with E-state index < -0.39 is 17.5 Å². The number of H-pyrrole nitrogens is 1. The highest BCUT2D eigenvalue weighted by Crippen LogP contribution is 2.26. The van der Waals surface area contributed by atoms with Crippen LogP contribution in [0.3, 0.4) is 0 Å². The molecule has 0 aromatic heterocycles. The summed E-state index contributed by atoms with van der Waals surface area (Å²) in [6, 6.07) is 1.20. The van der Waals surface area contributed by atoms with Gasteiger partial charge in [-0.3, -0.25) is 5.10 Å². The predicted octanol–water partition coefficient (Wildman–Crippen LogP) is 2.39. The molecule has 1 aromatic rings. The third kappa shape index (κ3) is 1.60. The van der Waals surface area contributed by atoms with E-state index in [4.69, 9.17) is 0 Å². The van der Waals surface area contributed by atoms with Crippen LogP contribution in [0.1, 0.15) is 0 Å². The molecule has 0 aliphatic carbocycles. The zero-order chi connectivity index (χ0) is 12.7. The lowest BCUT2D eigenvalue weighted by atomic mass is 10.2. The topological polar surface area (TPSA) is 54.5 Å². The number of nitrogens with zero attached hydrogens (tertiary/aromatic N) is 3. The molecule has 1 N–H and O–H groups in total. The van der Waals surface area contributed by atoms with Crippen LogP contribution in [0.5, 0.6) is 0 Å². The molecular weight excluding hydrogens is 245 g/mol. The van der Waals surface area contributed by atoms with E-state index >= 15 is 0 Å². The van der Waals surface area contributed by atoms with Crippen molar-refractivity contribution >= 4 is 0 Å². The minimum atomic E-state index is -1.25. The van der Waals surface area contributed by atoms with E-state index in [1.165, 1.54) is 12.4 Å². The molecule has 0 bridgehead atoms. The number of rotatable bonds is 1. The highest BCUT2D eigenvalue weighted by atomic mass is 19.2. The van der Waals surface area contributed by atoms with E-state index in [1.54, 1.807) is 0 Å². The third-order valence-corrected chi connectivity index (χ3v) is 2.43. The van der Waals surface area contributed by atoms with Gasteiger partial charge in [0.15, 0.2) is 17.5 Å². The second kappa shape index (κ2) is 3.80. The van der Waals surface area contributed by atoms with E-state index in [1.807, 2.05) is 0 Å². The number of benzene rings is 1. The average molecular weight is 250 g/mol. The van der Waals surface area contributed by atoms with Gasteiger partial charge in [0.1, 0.15) is 17.2 Å². The smallest absolute Gasteiger partial charge is 0.163 e. The van der Waals surface area contributed by atoms with E-state index in [0.29, 0.717) is 17.5 Å². The summed E-state index contributed by atoms with van der Waals surface area (Å²) in [4.78, 5) is 7.99. The van der Waals surface area contributed by atoms with Gasteiger partial charge in [-0.1, -0.05) is 0 Å². The molecule has 0 amide bonds. The predicted molar refractivity (Wildman–Crippen MR) is 56.1 cm³/mol. The number of imidazole rings is 1. The number of nitrogens with one attached hydrogen (secondary N) is 1. The second-order valence-corrected chi connectivity index (χ2v) is 3.60. The summed E-state index contributed by atoms with van der Waals surface area (Å²) in [6.45, 7) is 0. The van der Waals surface area contributed by atoms with Gasteiger partial charge in [-0.2, -0.15) is 5.10 Å². The minimum Gasteiger partial charge on any atom is -0.283 e. The maximum absolute atomic E-state index is 13.5. The fraction of sp³-hybridized carbons (Fsp3) is 0. The SMILES string of the molecule is Fc1cc(F)c(-c2nc3cn[nH]cc-3n2)cc1F. The van der Waals surface area contributed by atoms with Crippen LogP contribution in [0.15, 0.2) is 24.5 Å². The lowest BCUT2D eigenvalue weighted by Crippen LogP contribution is -1.92. The van der Waals surface area contributed by atoms with Crippen LogP contribution in [-0.2, 0) is 0 Å². The zero-order valence-corrected chi connectivity index (χ0v) is 8.78. The van der Waals surface area contributed by atoms with Crippen LogP contribution in [0, 0.1) is 17.5 Å². The minimum absolute atomic E-state index is 0.0113. The van der Waals surface area contributed by atoms with Gasteiger partial charge in [0.05, 0.1) is 11.8 Å². The summed E-state index contributed by atoms with van der Waals surface area (Å²) in [6.07, 6.45) is 2.88. The molecular formula is C11H5F3N4. The van der Waals surface area contributed by atoms with Gasteiger partial charge >= 0.3 is 0 Å². The van der Waals surface area contributed by atoms with Gasteiger partial charge in [-0.15, -0.1) is 0 Å². The molecule has 0 saturated heterocycles. The summed E-state index contributed by atoms with van der Waals surface area (Å²) in [5.74, 6) is -3.32. The lowest BCUT2D eigenvalue weighted by molar-refractivity contribution is 0.496. The fourth-order valence-corrected chi connectivity index (χ4v) is 1.58. The number of hydrogen-bond acceptors (Lipinski definition) is 3. The molecule has 90 valence electrons. The number of hydrogen-bond donors (Lipinski definition) is 1. The maximum Gasteiger partial charge on any atom is 0.163 e. The molecule has 1 aromatic carbocycles. The first kappa shape index (κ1) is 10.7. The van der Waals surface area contributed by atoms with Crippen LogP contribution in [0.4, 0.5) is 13.2 Å². The van der Waals surface area contributed by atoms with E-state index in [2.05, 4.69) is 20.2 Å². The van der Waals surface area contributed by atoms with Crippen molar-refractivity contribution in [1.82, 2.24) is 20.2 Å². The molecule has 0 unspecified atom stereocenters. The first-order chi connectivity index (χ1) is 8.65. The zero-order valence-electron chi connectivity index (χ0n) is 8.78. The summed E-state index contributed by atoms with van der Waals surface area (Å²) in [7, 11) is 0. The van der Waals surface area contributed by atoms with Gasteiger partial charge in [0.2, 0.25) is 0 Å². The Morgan fingerprint density at radius 3 is 2.39 bits per heavy atom. The van der Waals surface area contributed by atoms with Crippen molar-refractivity contribution in [3.8, 4) is 22.8 Å². The number of aromatic amines is 1. The van der Waals surface area contributed by atoms with Gasteiger partial charge in [0, 0.05) is 12.3 Å². The lowest BCUT2D eigenvalue weighted by Gasteiger charge is -1.99. The van der Waals surface area contributed by atoms with Crippen molar-refractivity contribution in [1.29, 1.82) is 0 Å². The summed E-state index contributed by atoms with van der Waals surface area (Å²) in [5, 5.41) is 6.27. The maximum atomic E-state index is 13.5. The molecule has 2 heterocycles. The normalized spacial score (nSPS) is 11.1. The molecule has 2 aliphatic heterocycles. The Labute approximate surface area is 98.9 Å². The first-order valence-electron chi connectivity index (χ1n) is 4.96. The average Bonchev–Trinajstić information content (AvgIpc) is 2.77. The van der Waals surface area contributed by atoms with Gasteiger partial charge in [0.25, 0.3) is 0 Å². The van der Waals surface area contributed by atoms with Crippen LogP contribution in [0.2, 0.25) is 0 Å². The molecule has 0 radical (unpaired) electrons. The Morgan fingerprint density at radius 2 is 1.61 bits per heavy atom. The number of halogens is 3. The highest BCUT2D eigenvalue weighted by molar-refractivity contribution is 5.65. The van der Waals surface area contributed by atoms with Crippen molar-refractivity contribution in [2.45, 2.75) is 0 Å². The Hall–Kier alpha value is -2.44. The summed E-state index contributed by atoms with van der Waals surface area (Å²) in [5.41, 5.74) is 0.710. The first-order valence-corrected chi connectivity index (χ1v) is 4.96. The van der Waals surface area contributed by atoms with E-state index in [-0.39, 0.29) is 11.4 Å². The van der Waals surface area contributed by atoms with E-state index in [9.17, 15) is 13.2 Å². The number of fused-ring (bicyclic) bond motifs is 1. The molecule has 0 fully saturated rings. The van der Waals surface area contributed by atoms with Crippen LogP contribution < -0.4 is 0 Å². The fourth-order valence-electron chi connectivity index (χ4n) is 1.58. The molecule has 2 aliphatic rings. The Bertz CT molecular complexity index is 665. The van der Waals surface area contributed by atoms with Crippen molar-refractivity contribution < 1.29 is 13.2 Å². The molecule has 3 rings (SSSR count). The summed E-state index contributed by atoms with van der Waals surface area (Å²) < 4.78 is 39.4. The molecule has 4 nitrogen and oxygen atoms in total. The van der Waals surface area contributed by atoms with Crippen LogP contribution >= 0.6 is 0 Å². The monoisotopic (exact) mass is 250 g/mol. The quantitative estimate of drug-likeness (QED) is 0.674. The van der Waals surface area contributed by atoms with Gasteiger partial charge in [-0.25, -0.2) is 23.1 Å². The van der Waals surface area contributed by atoms with Gasteiger partial charge in [-0.05, 0) is 6.07 Å². The van der Waals surface area contributed by atoms with Crippen molar-refractivity contribution in [3.05, 3.63) is 42.0 Å². The Kier molecular flexibility index (Phi) is 2.26. The highest BCUT2D eigenvalue weighted by Gasteiger charge is 2.17. The third-order valence-electron chi connectivity index (χ3n) is 2.43. The molecule has 0 atom stereocenters. The number of aromatic nitrogens is 4. The molecule has 7 heteroatoms. The van der Waals surface area contributed by atoms with E-state index in [0.717, 1.165) is 6.07 Å². The van der Waals surface area contributed by atoms with Crippen molar-refractivity contribution in [3.63, 3.8) is 0 Å². The van der Waals surface area contributed by atoms with Crippen molar-refractivity contribution in [2.24, 2.45) is 0 Å². The Balaban J connectivity index is 2.21. The summed E-state index contributed by atoms with van der Waals surface area (Å²) >= 11 is 0. The molecule has 0 saturated carbocycles. The van der Waals surface area contributed by atoms with Crippen molar-refractivity contribution in [2.75, 3.05) is 0 Å².